The van der Waals surface area contributed by atoms with Crippen molar-refractivity contribution in [2.75, 3.05) is 26.2 Å². The summed E-state index contributed by atoms with van der Waals surface area (Å²) in [7, 11) is 0. The highest BCUT2D eigenvalue weighted by Gasteiger charge is 2.19. The van der Waals surface area contributed by atoms with E-state index < -0.39 is 0 Å². The third-order valence-electron chi connectivity index (χ3n) is 4.52. The van der Waals surface area contributed by atoms with Gasteiger partial charge in [0.15, 0.2) is 0 Å². The highest BCUT2D eigenvalue weighted by Crippen LogP contribution is 2.21. The third-order valence-corrected chi connectivity index (χ3v) is 4.52. The predicted octanol–water partition coefficient (Wildman–Crippen LogP) is 2.89. The van der Waals surface area contributed by atoms with E-state index in [4.69, 9.17) is 0 Å². The summed E-state index contributed by atoms with van der Waals surface area (Å²) in [6.45, 7) is 14.2. The van der Waals surface area contributed by atoms with Gasteiger partial charge >= 0.3 is 0 Å². The second-order valence-electron chi connectivity index (χ2n) is 6.30. The van der Waals surface area contributed by atoms with Crippen molar-refractivity contribution in [1.82, 2.24) is 10.6 Å². The van der Waals surface area contributed by atoms with Gasteiger partial charge in [-0.3, -0.25) is 0 Å². The SMILES string of the molecule is CC(C)C(C)CNCCC(C)C1CCCNC1. The molecule has 2 nitrogen and oxygen atoms in total. The van der Waals surface area contributed by atoms with Gasteiger partial charge in [-0.15, -0.1) is 0 Å². The monoisotopic (exact) mass is 240 g/mol. The Bertz CT molecular complexity index is 185. The molecule has 0 bridgehead atoms. The molecule has 0 aromatic rings. The first-order chi connectivity index (χ1) is 8.11. The quantitative estimate of drug-likeness (QED) is 0.669. The van der Waals surface area contributed by atoms with Crippen LogP contribution in [0.5, 0.6) is 0 Å². The molecular weight excluding hydrogens is 208 g/mol. The first-order valence-electron chi connectivity index (χ1n) is 7.52. The Morgan fingerprint density at radius 2 is 2.00 bits per heavy atom. The van der Waals surface area contributed by atoms with Gasteiger partial charge in [0, 0.05) is 0 Å². The number of rotatable bonds is 7. The van der Waals surface area contributed by atoms with Gasteiger partial charge in [-0.1, -0.05) is 27.7 Å². The maximum Gasteiger partial charge on any atom is -0.00180 e. The number of hydrogen-bond donors (Lipinski definition) is 2. The van der Waals surface area contributed by atoms with Gasteiger partial charge in [-0.2, -0.15) is 0 Å². The van der Waals surface area contributed by atoms with E-state index in [0.717, 1.165) is 23.7 Å². The minimum atomic E-state index is 0.793. The summed E-state index contributed by atoms with van der Waals surface area (Å²) >= 11 is 0. The van der Waals surface area contributed by atoms with Crippen LogP contribution in [0.2, 0.25) is 0 Å². The van der Waals surface area contributed by atoms with E-state index in [9.17, 15) is 0 Å². The zero-order valence-corrected chi connectivity index (χ0v) is 12.3. The summed E-state index contributed by atoms with van der Waals surface area (Å²) in [5.41, 5.74) is 0. The molecule has 1 fully saturated rings. The molecule has 1 aliphatic heterocycles. The summed E-state index contributed by atoms with van der Waals surface area (Å²) < 4.78 is 0. The molecule has 0 saturated carbocycles. The lowest BCUT2D eigenvalue weighted by molar-refractivity contribution is 0.263. The Morgan fingerprint density at radius 3 is 2.59 bits per heavy atom. The molecule has 0 amide bonds. The molecule has 0 aromatic heterocycles. The molecule has 0 spiro atoms. The molecule has 2 heteroatoms. The predicted molar refractivity (Wildman–Crippen MR) is 76.2 cm³/mol. The lowest BCUT2D eigenvalue weighted by atomic mass is 9.85. The Hall–Kier alpha value is -0.0800. The minimum absolute atomic E-state index is 0.793. The maximum absolute atomic E-state index is 3.62. The highest BCUT2D eigenvalue weighted by molar-refractivity contribution is 4.74. The van der Waals surface area contributed by atoms with Crippen molar-refractivity contribution in [3.05, 3.63) is 0 Å². The van der Waals surface area contributed by atoms with E-state index in [1.165, 1.54) is 45.4 Å². The van der Waals surface area contributed by atoms with Crippen LogP contribution in [0.15, 0.2) is 0 Å². The summed E-state index contributed by atoms with van der Waals surface area (Å²) in [5.74, 6) is 3.36. The first kappa shape index (κ1) is 15.0. The average Bonchev–Trinajstić information content (AvgIpc) is 2.35. The Balaban J connectivity index is 2.05. The molecule has 1 heterocycles. The van der Waals surface area contributed by atoms with Crippen molar-refractivity contribution in [1.29, 1.82) is 0 Å². The molecule has 3 unspecified atom stereocenters. The molecule has 1 saturated heterocycles. The fraction of sp³-hybridized carbons (Fsp3) is 1.00. The molecule has 3 atom stereocenters. The van der Waals surface area contributed by atoms with Gasteiger partial charge in [0.25, 0.3) is 0 Å². The summed E-state index contributed by atoms with van der Waals surface area (Å²) in [4.78, 5) is 0. The van der Waals surface area contributed by atoms with Crippen molar-refractivity contribution in [2.24, 2.45) is 23.7 Å². The summed E-state index contributed by atoms with van der Waals surface area (Å²) in [6, 6.07) is 0. The normalized spacial score (nSPS) is 24.9. The van der Waals surface area contributed by atoms with Crippen LogP contribution in [0.1, 0.15) is 47.0 Å². The smallest absolute Gasteiger partial charge is 0.00180 e. The lowest BCUT2D eigenvalue weighted by Crippen LogP contribution is -2.34. The van der Waals surface area contributed by atoms with Crippen LogP contribution in [-0.2, 0) is 0 Å². The van der Waals surface area contributed by atoms with Crippen molar-refractivity contribution in [3.8, 4) is 0 Å². The van der Waals surface area contributed by atoms with Crippen molar-refractivity contribution < 1.29 is 0 Å². The van der Waals surface area contributed by atoms with E-state index in [0.29, 0.717) is 0 Å². The molecular formula is C15H32N2. The van der Waals surface area contributed by atoms with Gasteiger partial charge < -0.3 is 10.6 Å². The number of nitrogens with one attached hydrogen (secondary N) is 2. The van der Waals surface area contributed by atoms with Crippen LogP contribution in [-0.4, -0.2) is 26.2 Å². The number of piperidine rings is 1. The Morgan fingerprint density at radius 1 is 1.24 bits per heavy atom. The molecule has 0 radical (unpaired) electrons. The van der Waals surface area contributed by atoms with E-state index in [1.54, 1.807) is 0 Å². The fourth-order valence-electron chi connectivity index (χ4n) is 2.50. The third kappa shape index (κ3) is 5.87. The summed E-state index contributed by atoms with van der Waals surface area (Å²) in [6.07, 6.45) is 4.13. The molecule has 0 aromatic carbocycles. The van der Waals surface area contributed by atoms with Gasteiger partial charge in [-0.25, -0.2) is 0 Å². The van der Waals surface area contributed by atoms with Crippen LogP contribution in [0.25, 0.3) is 0 Å². The topological polar surface area (TPSA) is 24.1 Å². The van der Waals surface area contributed by atoms with Crippen LogP contribution in [0, 0.1) is 23.7 Å². The van der Waals surface area contributed by atoms with Crippen molar-refractivity contribution >= 4 is 0 Å². The summed E-state index contributed by atoms with van der Waals surface area (Å²) in [5, 5.41) is 7.13. The zero-order chi connectivity index (χ0) is 12.7. The fourth-order valence-corrected chi connectivity index (χ4v) is 2.50. The minimum Gasteiger partial charge on any atom is -0.316 e. The average molecular weight is 240 g/mol. The maximum atomic E-state index is 3.62. The Kier molecular flexibility index (Phi) is 7.14. The second-order valence-corrected chi connectivity index (χ2v) is 6.30. The highest BCUT2D eigenvalue weighted by atomic mass is 14.9. The first-order valence-corrected chi connectivity index (χ1v) is 7.52. The van der Waals surface area contributed by atoms with Gasteiger partial charge in [0.05, 0.1) is 0 Å². The molecule has 102 valence electrons. The van der Waals surface area contributed by atoms with E-state index in [2.05, 4.69) is 38.3 Å². The van der Waals surface area contributed by atoms with E-state index in [-0.39, 0.29) is 0 Å². The van der Waals surface area contributed by atoms with E-state index in [1.807, 2.05) is 0 Å². The Labute approximate surface area is 108 Å². The van der Waals surface area contributed by atoms with Crippen LogP contribution in [0.4, 0.5) is 0 Å². The molecule has 1 aliphatic rings. The van der Waals surface area contributed by atoms with Crippen LogP contribution >= 0.6 is 0 Å². The molecule has 17 heavy (non-hydrogen) atoms. The van der Waals surface area contributed by atoms with Crippen LogP contribution in [0.3, 0.4) is 0 Å². The zero-order valence-electron chi connectivity index (χ0n) is 12.3. The van der Waals surface area contributed by atoms with Crippen molar-refractivity contribution in [3.63, 3.8) is 0 Å². The lowest BCUT2D eigenvalue weighted by Gasteiger charge is -2.28. The van der Waals surface area contributed by atoms with Crippen molar-refractivity contribution in [2.45, 2.75) is 47.0 Å². The second kappa shape index (κ2) is 8.10. The molecule has 0 aliphatic carbocycles. The largest absolute Gasteiger partial charge is 0.316 e. The van der Waals surface area contributed by atoms with Gasteiger partial charge in [0.1, 0.15) is 0 Å². The molecule has 1 rings (SSSR count). The number of hydrogen-bond acceptors (Lipinski definition) is 2. The standard InChI is InChI=1S/C15H32N2/c1-12(2)14(4)10-17-9-7-13(3)15-6-5-8-16-11-15/h12-17H,5-11H2,1-4H3. The van der Waals surface area contributed by atoms with Gasteiger partial charge in [-0.05, 0) is 69.1 Å². The van der Waals surface area contributed by atoms with E-state index >= 15 is 0 Å². The van der Waals surface area contributed by atoms with Gasteiger partial charge in [0.2, 0.25) is 0 Å². The van der Waals surface area contributed by atoms with Crippen LogP contribution < -0.4 is 10.6 Å². The molecule has 2 N–H and O–H groups in total.